The quantitative estimate of drug-likeness (QED) is 0.561. The minimum atomic E-state index is -1.59. The molecule has 0 fully saturated rings. The van der Waals surface area contributed by atoms with Crippen molar-refractivity contribution in [1.29, 1.82) is 0 Å². The van der Waals surface area contributed by atoms with Gasteiger partial charge < -0.3 is 15.9 Å². The number of hydrogen-bond donors (Lipinski definition) is 3. The van der Waals surface area contributed by atoms with Crippen LogP contribution in [0.4, 0.5) is 0 Å². The summed E-state index contributed by atoms with van der Waals surface area (Å²) in [4.78, 5) is 21.0. The standard InChI is InChI=1S/C9H15NO4/c1-6(2)5-9(10,8(13)14)4-3-7(11)12/h3-4,6H,5,10H2,1-2H3,(H,11,12)(H,13,14)/b4-3+. The molecule has 0 aliphatic rings. The summed E-state index contributed by atoms with van der Waals surface area (Å²) in [6, 6.07) is 0. The van der Waals surface area contributed by atoms with E-state index < -0.39 is 17.5 Å². The van der Waals surface area contributed by atoms with Gasteiger partial charge in [0.25, 0.3) is 0 Å². The van der Waals surface area contributed by atoms with Gasteiger partial charge in [-0.2, -0.15) is 0 Å². The maximum Gasteiger partial charge on any atom is 0.328 e. The molecule has 0 aromatic carbocycles. The van der Waals surface area contributed by atoms with Crippen LogP contribution in [-0.4, -0.2) is 27.7 Å². The van der Waals surface area contributed by atoms with Crippen LogP contribution in [0.5, 0.6) is 0 Å². The summed E-state index contributed by atoms with van der Waals surface area (Å²) < 4.78 is 0. The summed E-state index contributed by atoms with van der Waals surface area (Å²) in [5.74, 6) is -2.34. The van der Waals surface area contributed by atoms with E-state index in [9.17, 15) is 9.59 Å². The molecule has 0 aromatic rings. The predicted octanol–water partition coefficient (Wildman–Crippen LogP) is 0.455. The van der Waals surface area contributed by atoms with E-state index in [0.29, 0.717) is 0 Å². The summed E-state index contributed by atoms with van der Waals surface area (Å²) in [7, 11) is 0. The van der Waals surface area contributed by atoms with Crippen molar-refractivity contribution >= 4 is 11.9 Å². The number of carboxylic acids is 2. The first kappa shape index (κ1) is 12.6. The van der Waals surface area contributed by atoms with Crippen LogP contribution in [0.1, 0.15) is 20.3 Å². The average molecular weight is 201 g/mol. The van der Waals surface area contributed by atoms with E-state index >= 15 is 0 Å². The summed E-state index contributed by atoms with van der Waals surface area (Å²) in [6.07, 6.45) is 1.97. The number of hydrogen-bond acceptors (Lipinski definition) is 3. The molecule has 0 bridgehead atoms. The smallest absolute Gasteiger partial charge is 0.328 e. The van der Waals surface area contributed by atoms with Gasteiger partial charge in [-0.1, -0.05) is 13.8 Å². The molecule has 5 heteroatoms. The Morgan fingerprint density at radius 2 is 1.93 bits per heavy atom. The van der Waals surface area contributed by atoms with Gasteiger partial charge >= 0.3 is 11.9 Å². The van der Waals surface area contributed by atoms with Crippen LogP contribution in [0.15, 0.2) is 12.2 Å². The second-order valence-corrected chi connectivity index (χ2v) is 3.62. The molecular weight excluding hydrogens is 186 g/mol. The number of nitrogens with two attached hydrogens (primary N) is 1. The van der Waals surface area contributed by atoms with Crippen molar-refractivity contribution in [2.45, 2.75) is 25.8 Å². The molecule has 5 nitrogen and oxygen atoms in total. The third kappa shape index (κ3) is 4.04. The Balaban J connectivity index is 4.72. The highest BCUT2D eigenvalue weighted by molar-refractivity contribution is 5.85. The first-order valence-electron chi connectivity index (χ1n) is 4.22. The normalized spacial score (nSPS) is 15.7. The van der Waals surface area contributed by atoms with Crippen molar-refractivity contribution in [3.8, 4) is 0 Å². The fraction of sp³-hybridized carbons (Fsp3) is 0.556. The van der Waals surface area contributed by atoms with Gasteiger partial charge in [0.2, 0.25) is 0 Å². The van der Waals surface area contributed by atoms with E-state index in [0.717, 1.165) is 12.2 Å². The lowest BCUT2D eigenvalue weighted by atomic mass is 9.89. The van der Waals surface area contributed by atoms with Gasteiger partial charge in [-0.15, -0.1) is 0 Å². The third-order valence-corrected chi connectivity index (χ3v) is 1.67. The van der Waals surface area contributed by atoms with E-state index in [4.69, 9.17) is 15.9 Å². The van der Waals surface area contributed by atoms with Crippen LogP contribution in [0.3, 0.4) is 0 Å². The van der Waals surface area contributed by atoms with Crippen molar-refractivity contribution in [2.24, 2.45) is 11.7 Å². The lowest BCUT2D eigenvalue weighted by molar-refractivity contribution is -0.141. The third-order valence-electron chi connectivity index (χ3n) is 1.67. The van der Waals surface area contributed by atoms with Crippen molar-refractivity contribution in [3.63, 3.8) is 0 Å². The molecule has 1 atom stereocenters. The first-order chi connectivity index (χ1) is 6.28. The van der Waals surface area contributed by atoms with E-state index in [1.54, 1.807) is 0 Å². The zero-order valence-corrected chi connectivity index (χ0v) is 8.23. The van der Waals surface area contributed by atoms with Gasteiger partial charge in [-0.3, -0.25) is 0 Å². The Morgan fingerprint density at radius 1 is 1.43 bits per heavy atom. The molecule has 0 heterocycles. The van der Waals surface area contributed by atoms with E-state index in [1.165, 1.54) is 0 Å². The molecule has 0 aliphatic carbocycles. The molecule has 0 rings (SSSR count). The molecule has 0 aromatic heterocycles. The van der Waals surface area contributed by atoms with Crippen LogP contribution >= 0.6 is 0 Å². The van der Waals surface area contributed by atoms with Crippen molar-refractivity contribution in [1.82, 2.24) is 0 Å². The molecule has 0 spiro atoms. The van der Waals surface area contributed by atoms with E-state index in [2.05, 4.69) is 0 Å². The molecule has 14 heavy (non-hydrogen) atoms. The lowest BCUT2D eigenvalue weighted by Gasteiger charge is -2.22. The van der Waals surface area contributed by atoms with Gasteiger partial charge in [0, 0.05) is 6.08 Å². The Kier molecular flexibility index (Phi) is 4.30. The maximum atomic E-state index is 10.8. The van der Waals surface area contributed by atoms with Gasteiger partial charge in [-0.25, -0.2) is 9.59 Å². The fourth-order valence-corrected chi connectivity index (χ4v) is 1.12. The van der Waals surface area contributed by atoms with Crippen LogP contribution in [0, 0.1) is 5.92 Å². The maximum absolute atomic E-state index is 10.8. The predicted molar refractivity (Wildman–Crippen MR) is 50.8 cm³/mol. The van der Waals surface area contributed by atoms with Crippen molar-refractivity contribution in [3.05, 3.63) is 12.2 Å². The van der Waals surface area contributed by atoms with Crippen LogP contribution in [0.2, 0.25) is 0 Å². The summed E-state index contributed by atoms with van der Waals surface area (Å²) in [5, 5.41) is 17.2. The minimum absolute atomic E-state index is 0.0783. The van der Waals surface area contributed by atoms with Crippen molar-refractivity contribution < 1.29 is 19.8 Å². The zero-order valence-electron chi connectivity index (χ0n) is 8.23. The average Bonchev–Trinajstić information content (AvgIpc) is 1.99. The van der Waals surface area contributed by atoms with Gasteiger partial charge in [0.05, 0.1) is 0 Å². The summed E-state index contributed by atoms with van der Waals surface area (Å²) >= 11 is 0. The second kappa shape index (κ2) is 4.76. The number of carboxylic acid groups (broad SMARTS) is 2. The summed E-state index contributed by atoms with van der Waals surface area (Å²) in [6.45, 7) is 3.64. The molecule has 0 amide bonds. The fourth-order valence-electron chi connectivity index (χ4n) is 1.12. The largest absolute Gasteiger partial charge is 0.480 e. The summed E-state index contributed by atoms with van der Waals surface area (Å²) in [5.41, 5.74) is 3.95. The Bertz CT molecular complexity index is 260. The zero-order chi connectivity index (χ0) is 11.4. The second-order valence-electron chi connectivity index (χ2n) is 3.62. The highest BCUT2D eigenvalue weighted by atomic mass is 16.4. The van der Waals surface area contributed by atoms with Crippen LogP contribution < -0.4 is 5.73 Å². The topological polar surface area (TPSA) is 101 Å². The van der Waals surface area contributed by atoms with Gasteiger partial charge in [0.1, 0.15) is 5.54 Å². The molecular formula is C9H15NO4. The van der Waals surface area contributed by atoms with Crippen molar-refractivity contribution in [2.75, 3.05) is 0 Å². The van der Waals surface area contributed by atoms with Crippen LogP contribution in [0.25, 0.3) is 0 Å². The molecule has 80 valence electrons. The van der Waals surface area contributed by atoms with Gasteiger partial charge in [-0.05, 0) is 18.4 Å². The molecule has 0 saturated carbocycles. The Labute approximate surface area is 82.2 Å². The first-order valence-corrected chi connectivity index (χ1v) is 4.22. The molecule has 0 saturated heterocycles. The highest BCUT2D eigenvalue weighted by Gasteiger charge is 2.31. The Morgan fingerprint density at radius 3 is 2.21 bits per heavy atom. The number of rotatable bonds is 5. The highest BCUT2D eigenvalue weighted by Crippen LogP contribution is 2.16. The van der Waals surface area contributed by atoms with E-state index in [-0.39, 0.29) is 12.3 Å². The SMILES string of the molecule is CC(C)CC(N)(/C=C/C(=O)O)C(=O)O. The van der Waals surface area contributed by atoms with Gasteiger partial charge in [0.15, 0.2) is 0 Å². The lowest BCUT2D eigenvalue weighted by Crippen LogP contribution is -2.47. The molecule has 0 radical (unpaired) electrons. The Hall–Kier alpha value is -1.36. The van der Waals surface area contributed by atoms with E-state index in [1.807, 2.05) is 13.8 Å². The molecule has 4 N–H and O–H groups in total. The minimum Gasteiger partial charge on any atom is -0.480 e. The monoisotopic (exact) mass is 201 g/mol. The van der Waals surface area contributed by atoms with Crippen LogP contribution in [-0.2, 0) is 9.59 Å². The molecule has 0 aliphatic heterocycles. The molecule has 1 unspecified atom stereocenters. The number of aliphatic carboxylic acids is 2. The number of carbonyl (C=O) groups is 2.